The van der Waals surface area contributed by atoms with Gasteiger partial charge in [0.25, 0.3) is 0 Å². The normalized spacial score (nSPS) is 18.6. The number of rotatable bonds is 4. The standard InChI is InChI=1S/2H4O5P2/c2*1-6(2)5-7(3)4/h2*6-7H,(H,1,2)(H,3,4). The van der Waals surface area contributed by atoms with Crippen LogP contribution in [0.1, 0.15) is 0 Å². The molecule has 4 atom stereocenters. The topological polar surface area (TPSA) is 168 Å². The molecule has 0 fully saturated rings. The molecule has 0 aromatic heterocycles. The highest BCUT2D eigenvalue weighted by Gasteiger charge is 1.93. The van der Waals surface area contributed by atoms with Crippen LogP contribution in [0.3, 0.4) is 0 Å². The van der Waals surface area contributed by atoms with Gasteiger partial charge in [0, 0.05) is 0 Å². The van der Waals surface area contributed by atoms with Gasteiger partial charge in [0.15, 0.2) is 0 Å². The van der Waals surface area contributed by atoms with Crippen LogP contribution in [-0.2, 0) is 26.9 Å². The molecule has 0 aromatic carbocycles. The molecule has 0 spiro atoms. The van der Waals surface area contributed by atoms with Crippen LogP contribution in [0.2, 0.25) is 0 Å². The molecule has 0 aliphatic heterocycles. The van der Waals surface area contributed by atoms with E-state index in [1.165, 1.54) is 0 Å². The van der Waals surface area contributed by atoms with Crippen molar-refractivity contribution in [2.75, 3.05) is 0 Å². The van der Waals surface area contributed by atoms with Crippen LogP contribution in [0, 0.1) is 0 Å². The van der Waals surface area contributed by atoms with Crippen molar-refractivity contribution in [1.29, 1.82) is 0 Å². The highest BCUT2D eigenvalue weighted by molar-refractivity contribution is 7.46. The summed E-state index contributed by atoms with van der Waals surface area (Å²) in [6.07, 6.45) is 0. The molecule has 0 heterocycles. The van der Waals surface area contributed by atoms with Crippen molar-refractivity contribution in [3.8, 4) is 0 Å². The summed E-state index contributed by atoms with van der Waals surface area (Å²) in [5.41, 5.74) is 0. The summed E-state index contributed by atoms with van der Waals surface area (Å²) in [6.45, 7) is 0. The highest BCUT2D eigenvalue weighted by Crippen LogP contribution is 2.31. The minimum absolute atomic E-state index is 3.20. The molecule has 4 N–H and O–H groups in total. The second kappa shape index (κ2) is 10.2. The average Bonchev–Trinajstić information content (AvgIpc) is 1.79. The Bertz CT molecular complexity index is 191. The van der Waals surface area contributed by atoms with Crippen LogP contribution < -0.4 is 0 Å². The summed E-state index contributed by atoms with van der Waals surface area (Å²) in [6, 6.07) is 0. The maximum atomic E-state index is 9.44. The molecule has 0 amide bonds. The van der Waals surface area contributed by atoms with Crippen molar-refractivity contribution in [2.45, 2.75) is 0 Å². The minimum atomic E-state index is -3.20. The molecular formula is H8O10P4. The van der Waals surface area contributed by atoms with Crippen molar-refractivity contribution in [2.24, 2.45) is 0 Å². The quantitative estimate of drug-likeness (QED) is 0.497. The van der Waals surface area contributed by atoms with Gasteiger partial charge in [-0.2, -0.15) is 0 Å². The molecular weight excluding hydrogens is 284 g/mol. The molecule has 14 heteroatoms. The van der Waals surface area contributed by atoms with Gasteiger partial charge in [-0.1, -0.05) is 0 Å². The van der Waals surface area contributed by atoms with E-state index >= 15 is 0 Å². The second-order valence-corrected chi connectivity index (χ2v) is 5.03. The maximum absolute atomic E-state index is 9.44. The Labute approximate surface area is 80.3 Å². The van der Waals surface area contributed by atoms with E-state index in [0.29, 0.717) is 0 Å². The monoisotopic (exact) mass is 292 g/mol. The summed E-state index contributed by atoms with van der Waals surface area (Å²) < 4.78 is 44.7. The largest absolute Gasteiger partial charge is 0.326 e. The zero-order chi connectivity index (χ0) is 11.7. The molecule has 0 saturated heterocycles. The van der Waals surface area contributed by atoms with Gasteiger partial charge in [-0.25, -0.2) is 8.62 Å². The van der Waals surface area contributed by atoms with E-state index in [0.717, 1.165) is 0 Å². The van der Waals surface area contributed by atoms with Gasteiger partial charge in [0.1, 0.15) is 0 Å². The van der Waals surface area contributed by atoms with Gasteiger partial charge >= 0.3 is 33.0 Å². The van der Waals surface area contributed by atoms with Crippen molar-refractivity contribution < 1.29 is 46.5 Å². The molecule has 14 heavy (non-hydrogen) atoms. The third kappa shape index (κ3) is 23.0. The predicted octanol–water partition coefficient (Wildman–Crippen LogP) is -0.466. The van der Waals surface area contributed by atoms with Gasteiger partial charge in [0.05, 0.1) is 0 Å². The lowest BCUT2D eigenvalue weighted by Crippen LogP contribution is -1.58. The smallest absolute Gasteiger partial charge is 0.323 e. The molecule has 0 rings (SSSR count). The lowest BCUT2D eigenvalue weighted by molar-refractivity contribution is 0.368. The molecule has 4 unspecified atom stereocenters. The zero-order valence-electron chi connectivity index (χ0n) is 6.24. The molecule has 0 aliphatic rings. The van der Waals surface area contributed by atoms with Crippen molar-refractivity contribution in [1.82, 2.24) is 0 Å². The van der Waals surface area contributed by atoms with E-state index in [9.17, 15) is 18.3 Å². The Morgan fingerprint density at radius 2 is 0.714 bits per heavy atom. The van der Waals surface area contributed by atoms with Crippen LogP contribution in [0.25, 0.3) is 0 Å². The fraction of sp³-hybridized carbons (Fsp3) is 0. The Morgan fingerprint density at radius 3 is 0.714 bits per heavy atom. The van der Waals surface area contributed by atoms with Crippen molar-refractivity contribution in [3.63, 3.8) is 0 Å². The van der Waals surface area contributed by atoms with E-state index in [4.69, 9.17) is 19.6 Å². The summed E-state index contributed by atoms with van der Waals surface area (Å²) in [5.74, 6) is 0. The highest BCUT2D eigenvalue weighted by atomic mass is 31.2. The van der Waals surface area contributed by atoms with E-state index in [1.54, 1.807) is 0 Å². The van der Waals surface area contributed by atoms with Crippen molar-refractivity contribution in [3.05, 3.63) is 0 Å². The predicted molar refractivity (Wildman–Crippen MR) is 47.1 cm³/mol. The lowest BCUT2D eigenvalue weighted by atomic mass is 15.8. The van der Waals surface area contributed by atoms with E-state index in [2.05, 4.69) is 8.62 Å². The summed E-state index contributed by atoms with van der Waals surface area (Å²) in [5, 5.41) is 0. The summed E-state index contributed by atoms with van der Waals surface area (Å²) in [4.78, 5) is 30.8. The van der Waals surface area contributed by atoms with Crippen LogP contribution in [0.15, 0.2) is 0 Å². The first-order chi connectivity index (χ1) is 6.25. The average molecular weight is 292 g/mol. The van der Waals surface area contributed by atoms with Crippen LogP contribution in [0.4, 0.5) is 0 Å². The first-order valence-corrected chi connectivity index (χ1v) is 7.58. The first kappa shape index (κ1) is 17.1. The fourth-order valence-electron chi connectivity index (χ4n) is 0.149. The Hall–Kier alpha value is 0.680. The molecule has 88 valence electrons. The van der Waals surface area contributed by atoms with E-state index in [-0.39, 0.29) is 0 Å². The SMILES string of the molecule is O=[PH](O)O[PH](=O)O.O=[PH](O)O[PH](=O)O. The van der Waals surface area contributed by atoms with Gasteiger partial charge in [-0.15, -0.1) is 0 Å². The van der Waals surface area contributed by atoms with Gasteiger partial charge in [0.2, 0.25) is 0 Å². The van der Waals surface area contributed by atoms with E-state index in [1.807, 2.05) is 0 Å². The van der Waals surface area contributed by atoms with Gasteiger partial charge < -0.3 is 19.6 Å². The number of hydrogen-bond donors (Lipinski definition) is 4. The lowest BCUT2D eigenvalue weighted by Gasteiger charge is -1.86. The van der Waals surface area contributed by atoms with Crippen LogP contribution >= 0.6 is 33.0 Å². The van der Waals surface area contributed by atoms with E-state index < -0.39 is 33.0 Å². The maximum Gasteiger partial charge on any atom is 0.323 e. The number of hydrogen-bond acceptors (Lipinski definition) is 6. The summed E-state index contributed by atoms with van der Waals surface area (Å²) in [7, 11) is -12.8. The molecule has 0 bridgehead atoms. The van der Waals surface area contributed by atoms with Gasteiger partial charge in [-0.3, -0.25) is 18.3 Å². The van der Waals surface area contributed by atoms with Crippen molar-refractivity contribution >= 4 is 33.0 Å². The molecule has 0 aliphatic carbocycles. The Morgan fingerprint density at radius 1 is 0.571 bits per heavy atom. The second-order valence-electron chi connectivity index (χ2n) is 1.27. The summed E-state index contributed by atoms with van der Waals surface area (Å²) >= 11 is 0. The Kier molecular flexibility index (Phi) is 12.5. The van der Waals surface area contributed by atoms with Crippen LogP contribution in [-0.4, -0.2) is 19.6 Å². The third-order valence-electron chi connectivity index (χ3n) is 0.349. The first-order valence-electron chi connectivity index (χ1n) is 2.53. The molecule has 0 radical (unpaired) electrons. The third-order valence-corrected chi connectivity index (χ3v) is 3.14. The Balaban J connectivity index is 0. The molecule has 0 saturated carbocycles. The molecule has 0 aromatic rings. The van der Waals surface area contributed by atoms with Gasteiger partial charge in [-0.05, 0) is 0 Å². The van der Waals surface area contributed by atoms with Crippen LogP contribution in [0.5, 0.6) is 0 Å². The zero-order valence-corrected chi connectivity index (χ0v) is 10.2. The molecule has 10 nitrogen and oxygen atoms in total. The minimum Gasteiger partial charge on any atom is -0.326 e. The fourth-order valence-corrected chi connectivity index (χ4v) is 1.34.